The Labute approximate surface area is 89.3 Å². The maximum Gasteiger partial charge on any atom is 0.129 e. The molecule has 0 fully saturated rings. The summed E-state index contributed by atoms with van der Waals surface area (Å²) in [7, 11) is 0. The molecule has 78 valence electrons. The predicted molar refractivity (Wildman–Crippen MR) is 58.0 cm³/mol. The van der Waals surface area contributed by atoms with Gasteiger partial charge in [-0.1, -0.05) is 24.6 Å². The number of hydrogen-bond donors (Lipinski definition) is 1. The molecule has 0 aliphatic carbocycles. The molecule has 0 saturated heterocycles. The average Bonchev–Trinajstić information content (AvgIpc) is 2.16. The quantitative estimate of drug-likeness (QED) is 0.812. The monoisotopic (exact) mass is 215 g/mol. The molecule has 1 atom stereocenters. The third-order valence-corrected chi connectivity index (χ3v) is 2.66. The summed E-state index contributed by atoms with van der Waals surface area (Å²) in [6.45, 7) is 4.63. The molecular weight excluding hydrogens is 201 g/mol. The smallest absolute Gasteiger partial charge is 0.129 e. The summed E-state index contributed by atoms with van der Waals surface area (Å²) in [6.07, 6.45) is 1.02. The molecule has 0 spiro atoms. The van der Waals surface area contributed by atoms with E-state index in [9.17, 15) is 4.39 Å². The lowest BCUT2D eigenvalue weighted by Crippen LogP contribution is -2.25. The van der Waals surface area contributed by atoms with Crippen LogP contribution >= 0.6 is 11.6 Å². The molecule has 3 heteroatoms. The lowest BCUT2D eigenvalue weighted by atomic mass is 10.2. The van der Waals surface area contributed by atoms with Gasteiger partial charge in [-0.25, -0.2) is 4.39 Å². The van der Waals surface area contributed by atoms with Crippen LogP contribution in [0.3, 0.4) is 0 Å². The van der Waals surface area contributed by atoms with Gasteiger partial charge in [0.1, 0.15) is 5.82 Å². The van der Waals surface area contributed by atoms with Crippen molar-refractivity contribution in [3.63, 3.8) is 0 Å². The summed E-state index contributed by atoms with van der Waals surface area (Å²) >= 11 is 5.88. The Kier molecular flexibility index (Phi) is 4.36. The van der Waals surface area contributed by atoms with Crippen molar-refractivity contribution in [3.05, 3.63) is 34.6 Å². The molecule has 0 amide bonds. The zero-order valence-electron chi connectivity index (χ0n) is 8.48. The molecule has 0 bridgehead atoms. The van der Waals surface area contributed by atoms with Crippen molar-refractivity contribution in [1.82, 2.24) is 5.32 Å². The van der Waals surface area contributed by atoms with E-state index in [1.807, 2.05) is 0 Å². The number of nitrogens with one attached hydrogen (secondary N) is 1. The Balaban J connectivity index is 2.66. The highest BCUT2D eigenvalue weighted by Gasteiger charge is 2.07. The Bertz CT molecular complexity index is 281. The standard InChI is InChI=1S/C11H15ClFN/c1-3-8(2)14-7-9-10(12)5-4-6-11(9)13/h4-6,8,14H,3,7H2,1-2H3/t8-/m0/s1. The van der Waals surface area contributed by atoms with Gasteiger partial charge in [0.25, 0.3) is 0 Å². The highest BCUT2D eigenvalue weighted by Crippen LogP contribution is 2.18. The molecule has 1 rings (SSSR count). The van der Waals surface area contributed by atoms with Gasteiger partial charge >= 0.3 is 0 Å². The van der Waals surface area contributed by atoms with E-state index in [1.54, 1.807) is 12.1 Å². The highest BCUT2D eigenvalue weighted by atomic mass is 35.5. The minimum atomic E-state index is -0.242. The molecule has 1 aromatic carbocycles. The van der Waals surface area contributed by atoms with Crippen molar-refractivity contribution >= 4 is 11.6 Å². The van der Waals surface area contributed by atoms with Gasteiger partial charge in [0.05, 0.1) is 0 Å². The van der Waals surface area contributed by atoms with Crippen LogP contribution in [-0.4, -0.2) is 6.04 Å². The first kappa shape index (κ1) is 11.5. The number of halogens is 2. The fraction of sp³-hybridized carbons (Fsp3) is 0.455. The largest absolute Gasteiger partial charge is 0.310 e. The summed E-state index contributed by atoms with van der Waals surface area (Å²) < 4.78 is 13.3. The van der Waals surface area contributed by atoms with Crippen LogP contribution in [0.2, 0.25) is 5.02 Å². The highest BCUT2D eigenvalue weighted by molar-refractivity contribution is 6.31. The lowest BCUT2D eigenvalue weighted by molar-refractivity contribution is 0.517. The third-order valence-electron chi connectivity index (χ3n) is 2.30. The molecule has 14 heavy (non-hydrogen) atoms. The van der Waals surface area contributed by atoms with Crippen LogP contribution in [0.1, 0.15) is 25.8 Å². The van der Waals surface area contributed by atoms with Crippen LogP contribution in [0.25, 0.3) is 0 Å². The van der Waals surface area contributed by atoms with E-state index >= 15 is 0 Å². The Morgan fingerprint density at radius 3 is 2.79 bits per heavy atom. The molecule has 0 aliphatic heterocycles. The second-order valence-electron chi connectivity index (χ2n) is 3.39. The van der Waals surface area contributed by atoms with Crippen molar-refractivity contribution < 1.29 is 4.39 Å². The summed E-state index contributed by atoms with van der Waals surface area (Å²) in [5, 5.41) is 3.69. The fourth-order valence-electron chi connectivity index (χ4n) is 1.12. The van der Waals surface area contributed by atoms with Crippen LogP contribution in [0.15, 0.2) is 18.2 Å². The van der Waals surface area contributed by atoms with Gasteiger partial charge in [-0.2, -0.15) is 0 Å². The SMILES string of the molecule is CC[C@H](C)NCc1c(F)cccc1Cl. The second kappa shape index (κ2) is 5.32. The molecule has 0 aliphatic rings. The van der Waals surface area contributed by atoms with E-state index in [4.69, 9.17) is 11.6 Å². The van der Waals surface area contributed by atoms with Gasteiger partial charge in [-0.15, -0.1) is 0 Å². The number of rotatable bonds is 4. The van der Waals surface area contributed by atoms with Crippen LogP contribution in [-0.2, 0) is 6.54 Å². The van der Waals surface area contributed by atoms with Crippen molar-refractivity contribution in [3.8, 4) is 0 Å². The minimum Gasteiger partial charge on any atom is -0.310 e. The molecule has 1 N–H and O–H groups in total. The first-order valence-corrected chi connectivity index (χ1v) is 5.19. The van der Waals surface area contributed by atoms with Gasteiger partial charge in [0.15, 0.2) is 0 Å². The molecule has 1 nitrogen and oxygen atoms in total. The number of benzene rings is 1. The Morgan fingerprint density at radius 2 is 2.21 bits per heavy atom. The van der Waals surface area contributed by atoms with E-state index in [2.05, 4.69) is 19.2 Å². The molecule has 1 aromatic rings. The van der Waals surface area contributed by atoms with Crippen molar-refractivity contribution in [2.45, 2.75) is 32.9 Å². The zero-order valence-corrected chi connectivity index (χ0v) is 9.24. The van der Waals surface area contributed by atoms with Crippen molar-refractivity contribution in [2.75, 3.05) is 0 Å². The van der Waals surface area contributed by atoms with Crippen LogP contribution in [0, 0.1) is 5.82 Å². The van der Waals surface area contributed by atoms with Gasteiger partial charge in [0.2, 0.25) is 0 Å². The van der Waals surface area contributed by atoms with E-state index in [0.29, 0.717) is 23.2 Å². The molecule has 0 radical (unpaired) electrons. The topological polar surface area (TPSA) is 12.0 Å². The average molecular weight is 216 g/mol. The van der Waals surface area contributed by atoms with Crippen molar-refractivity contribution in [2.24, 2.45) is 0 Å². The summed E-state index contributed by atoms with van der Waals surface area (Å²) in [5.41, 5.74) is 0.550. The van der Waals surface area contributed by atoms with Crippen LogP contribution in [0.5, 0.6) is 0 Å². The van der Waals surface area contributed by atoms with Gasteiger partial charge in [-0.05, 0) is 25.5 Å². The first-order chi connectivity index (χ1) is 6.65. The molecule has 0 aromatic heterocycles. The summed E-state index contributed by atoms with van der Waals surface area (Å²) in [5.74, 6) is -0.242. The summed E-state index contributed by atoms with van der Waals surface area (Å²) in [6, 6.07) is 5.13. The molecular formula is C11H15ClFN. The molecule has 0 heterocycles. The summed E-state index contributed by atoms with van der Waals surface area (Å²) in [4.78, 5) is 0. The van der Waals surface area contributed by atoms with Crippen LogP contribution < -0.4 is 5.32 Å². The molecule has 0 saturated carbocycles. The Hall–Kier alpha value is -0.600. The zero-order chi connectivity index (χ0) is 10.6. The van der Waals surface area contributed by atoms with E-state index < -0.39 is 0 Å². The first-order valence-electron chi connectivity index (χ1n) is 4.81. The minimum absolute atomic E-state index is 0.242. The van der Waals surface area contributed by atoms with E-state index in [0.717, 1.165) is 6.42 Å². The lowest BCUT2D eigenvalue weighted by Gasteiger charge is -2.12. The predicted octanol–water partition coefficient (Wildman–Crippen LogP) is 3.37. The number of hydrogen-bond acceptors (Lipinski definition) is 1. The molecule has 0 unspecified atom stereocenters. The van der Waals surface area contributed by atoms with Gasteiger partial charge < -0.3 is 5.32 Å². The van der Waals surface area contributed by atoms with Crippen LogP contribution in [0.4, 0.5) is 4.39 Å². The second-order valence-corrected chi connectivity index (χ2v) is 3.80. The van der Waals surface area contributed by atoms with Gasteiger partial charge in [-0.3, -0.25) is 0 Å². The van der Waals surface area contributed by atoms with Gasteiger partial charge in [0, 0.05) is 23.2 Å². The van der Waals surface area contributed by atoms with Crippen molar-refractivity contribution in [1.29, 1.82) is 0 Å². The Morgan fingerprint density at radius 1 is 1.50 bits per heavy atom. The third kappa shape index (κ3) is 2.96. The maximum absolute atomic E-state index is 13.3. The fourth-order valence-corrected chi connectivity index (χ4v) is 1.35. The van der Waals surface area contributed by atoms with E-state index in [-0.39, 0.29) is 5.82 Å². The van der Waals surface area contributed by atoms with E-state index in [1.165, 1.54) is 6.07 Å². The normalized spacial score (nSPS) is 12.9. The maximum atomic E-state index is 13.3.